The van der Waals surface area contributed by atoms with Gasteiger partial charge in [0, 0.05) is 12.1 Å². The summed E-state index contributed by atoms with van der Waals surface area (Å²) in [5.74, 6) is 2.28. The van der Waals surface area contributed by atoms with Crippen LogP contribution in [-0.4, -0.2) is 29.2 Å². The van der Waals surface area contributed by atoms with Gasteiger partial charge < -0.3 is 19.4 Å². The van der Waals surface area contributed by atoms with Crippen molar-refractivity contribution in [3.63, 3.8) is 0 Å². The number of hydrogen-bond donors (Lipinski definition) is 1. The van der Waals surface area contributed by atoms with Gasteiger partial charge in [0.25, 0.3) is 5.91 Å². The molecule has 1 atom stereocenters. The molecular formula is C28H31N3O3. The van der Waals surface area contributed by atoms with Crippen molar-refractivity contribution in [3.05, 3.63) is 89.7 Å². The van der Waals surface area contributed by atoms with Crippen LogP contribution in [0.25, 0.3) is 11.0 Å². The summed E-state index contributed by atoms with van der Waals surface area (Å²) in [6, 6.07) is 23.1. The molecule has 34 heavy (non-hydrogen) atoms. The number of methoxy groups -OCH3 is 1. The van der Waals surface area contributed by atoms with E-state index in [-0.39, 0.29) is 11.9 Å². The first kappa shape index (κ1) is 23.4. The minimum Gasteiger partial charge on any atom is -0.497 e. The number of para-hydroxylation sites is 2. The third kappa shape index (κ3) is 5.39. The highest BCUT2D eigenvalue weighted by Crippen LogP contribution is 2.22. The number of nitrogens with zero attached hydrogens (tertiary/aromatic N) is 2. The Morgan fingerprint density at radius 1 is 1.00 bits per heavy atom. The van der Waals surface area contributed by atoms with E-state index in [2.05, 4.69) is 35.0 Å². The van der Waals surface area contributed by atoms with E-state index in [1.165, 1.54) is 5.56 Å². The second-order valence-electron chi connectivity index (χ2n) is 8.23. The van der Waals surface area contributed by atoms with E-state index in [0.29, 0.717) is 12.2 Å². The molecule has 1 heterocycles. The fourth-order valence-corrected chi connectivity index (χ4v) is 3.98. The fourth-order valence-electron chi connectivity index (χ4n) is 3.98. The van der Waals surface area contributed by atoms with Crippen molar-refractivity contribution in [2.75, 3.05) is 13.7 Å². The van der Waals surface area contributed by atoms with Gasteiger partial charge in [-0.2, -0.15) is 0 Å². The average Bonchev–Trinajstić information content (AvgIpc) is 3.25. The van der Waals surface area contributed by atoms with E-state index in [1.54, 1.807) is 31.4 Å². The smallest absolute Gasteiger partial charge is 0.251 e. The van der Waals surface area contributed by atoms with E-state index >= 15 is 0 Å². The zero-order valence-electron chi connectivity index (χ0n) is 20.0. The van der Waals surface area contributed by atoms with Crippen molar-refractivity contribution in [2.24, 2.45) is 0 Å². The lowest BCUT2D eigenvalue weighted by Gasteiger charge is -2.17. The van der Waals surface area contributed by atoms with Crippen LogP contribution in [0.5, 0.6) is 11.5 Å². The first-order valence-electron chi connectivity index (χ1n) is 11.7. The Morgan fingerprint density at radius 3 is 2.41 bits per heavy atom. The Balaban J connectivity index is 1.44. The van der Waals surface area contributed by atoms with Gasteiger partial charge in [-0.3, -0.25) is 4.79 Å². The molecular weight excluding hydrogens is 426 g/mol. The topological polar surface area (TPSA) is 65.4 Å². The number of aryl methyl sites for hydroxylation is 2. The van der Waals surface area contributed by atoms with Crippen molar-refractivity contribution >= 4 is 16.9 Å². The van der Waals surface area contributed by atoms with Crippen molar-refractivity contribution in [3.8, 4) is 11.5 Å². The van der Waals surface area contributed by atoms with Crippen molar-refractivity contribution < 1.29 is 14.3 Å². The number of rotatable bonds is 10. The SMILES string of the molecule is CCc1ccc(OCCCn2c(C(C)NC(=O)c3ccc(OC)cc3)nc3ccccc32)cc1. The molecule has 176 valence electrons. The van der Waals surface area contributed by atoms with Crippen LogP contribution in [0.3, 0.4) is 0 Å². The van der Waals surface area contributed by atoms with E-state index in [1.807, 2.05) is 37.3 Å². The van der Waals surface area contributed by atoms with Gasteiger partial charge in [-0.25, -0.2) is 4.98 Å². The summed E-state index contributed by atoms with van der Waals surface area (Å²) in [7, 11) is 1.61. The molecule has 1 amide bonds. The third-order valence-corrected chi connectivity index (χ3v) is 5.90. The Labute approximate surface area is 200 Å². The molecule has 0 fully saturated rings. The largest absolute Gasteiger partial charge is 0.497 e. The molecule has 3 aromatic carbocycles. The monoisotopic (exact) mass is 457 g/mol. The van der Waals surface area contributed by atoms with Crippen LogP contribution in [0.4, 0.5) is 0 Å². The van der Waals surface area contributed by atoms with Crippen molar-refractivity contribution in [1.82, 2.24) is 14.9 Å². The third-order valence-electron chi connectivity index (χ3n) is 5.90. The van der Waals surface area contributed by atoms with Gasteiger partial charge >= 0.3 is 0 Å². The molecule has 4 aromatic rings. The fraction of sp³-hybridized carbons (Fsp3) is 0.286. The van der Waals surface area contributed by atoms with E-state index in [4.69, 9.17) is 14.5 Å². The quantitative estimate of drug-likeness (QED) is 0.316. The normalized spacial score (nSPS) is 11.9. The predicted octanol–water partition coefficient (Wildman–Crippen LogP) is 5.57. The Hall–Kier alpha value is -3.80. The Kier molecular flexibility index (Phi) is 7.48. The summed E-state index contributed by atoms with van der Waals surface area (Å²) >= 11 is 0. The number of fused-ring (bicyclic) bond motifs is 1. The molecule has 0 bridgehead atoms. The molecule has 0 radical (unpaired) electrons. The highest BCUT2D eigenvalue weighted by molar-refractivity contribution is 5.94. The Morgan fingerprint density at radius 2 is 1.71 bits per heavy atom. The number of benzene rings is 3. The average molecular weight is 458 g/mol. The number of hydrogen-bond acceptors (Lipinski definition) is 4. The molecule has 6 heteroatoms. The lowest BCUT2D eigenvalue weighted by atomic mass is 10.2. The van der Waals surface area contributed by atoms with Gasteiger partial charge in [-0.05, 0) is 73.9 Å². The van der Waals surface area contributed by atoms with Gasteiger partial charge in [-0.1, -0.05) is 31.2 Å². The highest BCUT2D eigenvalue weighted by Gasteiger charge is 2.19. The molecule has 0 saturated carbocycles. The van der Waals surface area contributed by atoms with Crippen LogP contribution in [0.15, 0.2) is 72.8 Å². The van der Waals surface area contributed by atoms with E-state index in [9.17, 15) is 4.79 Å². The van der Waals surface area contributed by atoms with Crippen molar-refractivity contribution in [1.29, 1.82) is 0 Å². The summed E-state index contributed by atoms with van der Waals surface area (Å²) in [6.07, 6.45) is 1.84. The van der Waals surface area contributed by atoms with Gasteiger partial charge in [0.1, 0.15) is 17.3 Å². The first-order chi connectivity index (χ1) is 16.6. The summed E-state index contributed by atoms with van der Waals surface area (Å²) in [4.78, 5) is 17.6. The molecule has 1 unspecified atom stereocenters. The zero-order chi connectivity index (χ0) is 23.9. The maximum Gasteiger partial charge on any atom is 0.251 e. The molecule has 0 aliphatic carbocycles. The molecule has 6 nitrogen and oxygen atoms in total. The lowest BCUT2D eigenvalue weighted by Crippen LogP contribution is -2.28. The van der Waals surface area contributed by atoms with Gasteiger partial charge in [-0.15, -0.1) is 0 Å². The number of amides is 1. The molecule has 1 N–H and O–H groups in total. The van der Waals surface area contributed by atoms with Gasteiger partial charge in [0.15, 0.2) is 0 Å². The van der Waals surface area contributed by atoms with E-state index < -0.39 is 0 Å². The number of carbonyl (C=O) groups is 1. The lowest BCUT2D eigenvalue weighted by molar-refractivity contribution is 0.0937. The maximum absolute atomic E-state index is 12.8. The second-order valence-corrected chi connectivity index (χ2v) is 8.23. The summed E-state index contributed by atoms with van der Waals surface area (Å²) in [5, 5.41) is 3.08. The number of nitrogens with one attached hydrogen (secondary N) is 1. The molecule has 1 aromatic heterocycles. The van der Waals surface area contributed by atoms with Crippen molar-refractivity contribution in [2.45, 2.75) is 39.3 Å². The summed E-state index contributed by atoms with van der Waals surface area (Å²) in [6.45, 7) is 5.45. The minimum absolute atomic E-state index is 0.146. The van der Waals surface area contributed by atoms with Crippen LogP contribution < -0.4 is 14.8 Å². The molecule has 4 rings (SSSR count). The van der Waals surface area contributed by atoms with Crippen LogP contribution >= 0.6 is 0 Å². The van der Waals surface area contributed by atoms with Crippen LogP contribution in [-0.2, 0) is 13.0 Å². The zero-order valence-corrected chi connectivity index (χ0v) is 20.0. The van der Waals surface area contributed by atoms with Gasteiger partial charge in [0.05, 0.1) is 30.8 Å². The highest BCUT2D eigenvalue weighted by atomic mass is 16.5. The van der Waals surface area contributed by atoms with E-state index in [0.717, 1.165) is 47.7 Å². The standard InChI is InChI=1S/C28H31N3O3/c1-4-21-10-14-24(15-11-21)34-19-7-18-31-26-9-6-5-8-25(26)30-27(31)20(2)29-28(32)22-12-16-23(33-3)17-13-22/h5-6,8-17,20H,4,7,18-19H2,1-3H3,(H,29,32). The van der Waals surface area contributed by atoms with Crippen LogP contribution in [0.1, 0.15) is 48.1 Å². The number of imidazole rings is 1. The first-order valence-corrected chi connectivity index (χ1v) is 11.7. The van der Waals surface area contributed by atoms with Gasteiger partial charge in [0.2, 0.25) is 0 Å². The Bertz CT molecular complexity index is 1230. The summed E-state index contributed by atoms with van der Waals surface area (Å²) in [5.41, 5.74) is 3.85. The summed E-state index contributed by atoms with van der Waals surface area (Å²) < 4.78 is 13.3. The number of ether oxygens (including phenoxy) is 2. The second kappa shape index (κ2) is 10.9. The molecule has 0 saturated heterocycles. The molecule has 0 aliphatic heterocycles. The minimum atomic E-state index is -0.260. The maximum atomic E-state index is 12.8. The number of carbonyl (C=O) groups excluding carboxylic acids is 1. The number of aromatic nitrogens is 2. The molecule has 0 spiro atoms. The predicted molar refractivity (Wildman–Crippen MR) is 135 cm³/mol. The van der Waals surface area contributed by atoms with Crippen LogP contribution in [0, 0.1) is 0 Å². The van der Waals surface area contributed by atoms with Crippen LogP contribution in [0.2, 0.25) is 0 Å². The molecule has 0 aliphatic rings.